The van der Waals surface area contributed by atoms with Crippen LogP contribution in [0.1, 0.15) is 82.8 Å². The first kappa shape index (κ1) is 24.6. The standard InChI is InChI=1S/C24H42NO3/c1-4-5-6-7-8-9-10-14-20-28-24(27)21-25(2,3)19-15-18-23(26)22-16-12-11-13-17-22/h11-13,16-17,23,26H,4-10,14-15,18-21H2,1-3H3/q+1/t23-/m0/s1. The summed E-state index contributed by atoms with van der Waals surface area (Å²) in [5.74, 6) is -0.114. The number of likely N-dealkylation sites (N-methyl/N-ethyl adjacent to an activating group) is 1. The van der Waals surface area contributed by atoms with Gasteiger partial charge in [-0.15, -0.1) is 0 Å². The van der Waals surface area contributed by atoms with E-state index in [1.54, 1.807) is 0 Å². The van der Waals surface area contributed by atoms with Gasteiger partial charge < -0.3 is 14.3 Å². The van der Waals surface area contributed by atoms with E-state index >= 15 is 0 Å². The minimum Gasteiger partial charge on any atom is -0.462 e. The summed E-state index contributed by atoms with van der Waals surface area (Å²) in [5, 5.41) is 10.2. The van der Waals surface area contributed by atoms with Gasteiger partial charge in [-0.1, -0.05) is 82.2 Å². The van der Waals surface area contributed by atoms with Crippen LogP contribution in [-0.2, 0) is 9.53 Å². The smallest absolute Gasteiger partial charge is 0.361 e. The van der Waals surface area contributed by atoms with Crippen molar-refractivity contribution in [2.75, 3.05) is 33.8 Å². The zero-order valence-corrected chi connectivity index (χ0v) is 18.4. The van der Waals surface area contributed by atoms with Crippen molar-refractivity contribution < 1.29 is 19.1 Å². The van der Waals surface area contributed by atoms with Crippen molar-refractivity contribution in [1.82, 2.24) is 0 Å². The molecule has 0 aromatic heterocycles. The fourth-order valence-corrected chi connectivity index (χ4v) is 3.45. The molecule has 0 aliphatic carbocycles. The number of hydrogen-bond acceptors (Lipinski definition) is 3. The second-order valence-electron chi connectivity index (χ2n) is 8.58. The summed E-state index contributed by atoms with van der Waals surface area (Å²) in [6.45, 7) is 4.01. The number of carbonyl (C=O) groups excluding carboxylic acids is 1. The number of nitrogens with zero attached hydrogens (tertiary/aromatic N) is 1. The third-order valence-electron chi connectivity index (χ3n) is 5.24. The van der Waals surface area contributed by atoms with Gasteiger partial charge in [0.15, 0.2) is 6.54 Å². The molecule has 4 nitrogen and oxygen atoms in total. The van der Waals surface area contributed by atoms with Crippen LogP contribution in [0.3, 0.4) is 0 Å². The van der Waals surface area contributed by atoms with Gasteiger partial charge in [-0.05, 0) is 24.8 Å². The fraction of sp³-hybridized carbons (Fsp3) is 0.708. The van der Waals surface area contributed by atoms with Crippen molar-refractivity contribution in [3.8, 4) is 0 Å². The van der Waals surface area contributed by atoms with Crippen LogP contribution in [0, 0.1) is 0 Å². The van der Waals surface area contributed by atoms with Gasteiger partial charge in [0.2, 0.25) is 0 Å². The summed E-state index contributed by atoms with van der Waals surface area (Å²) in [5.41, 5.74) is 0.956. The number of benzene rings is 1. The highest BCUT2D eigenvalue weighted by atomic mass is 16.5. The summed E-state index contributed by atoms with van der Waals surface area (Å²) in [4.78, 5) is 12.1. The molecular weight excluding hydrogens is 350 g/mol. The molecule has 1 aromatic carbocycles. The number of esters is 1. The third kappa shape index (κ3) is 12.1. The molecule has 1 atom stereocenters. The molecule has 0 heterocycles. The van der Waals surface area contributed by atoms with Gasteiger partial charge in [0.1, 0.15) is 0 Å². The predicted octanol–water partition coefficient (Wildman–Crippen LogP) is 5.26. The topological polar surface area (TPSA) is 46.5 Å². The summed E-state index contributed by atoms with van der Waals surface area (Å²) in [6, 6.07) is 9.75. The first-order valence-corrected chi connectivity index (χ1v) is 11.2. The van der Waals surface area contributed by atoms with Crippen LogP contribution in [0.5, 0.6) is 0 Å². The van der Waals surface area contributed by atoms with Crippen molar-refractivity contribution in [3.05, 3.63) is 35.9 Å². The first-order chi connectivity index (χ1) is 13.4. The highest BCUT2D eigenvalue weighted by Crippen LogP contribution is 2.18. The molecule has 1 N–H and O–H groups in total. The van der Waals surface area contributed by atoms with Gasteiger partial charge in [0.05, 0.1) is 33.4 Å². The first-order valence-electron chi connectivity index (χ1n) is 11.2. The Bertz CT molecular complexity index is 516. The predicted molar refractivity (Wildman–Crippen MR) is 116 cm³/mol. The van der Waals surface area contributed by atoms with Gasteiger partial charge in [-0.3, -0.25) is 0 Å². The molecule has 0 radical (unpaired) electrons. The Kier molecular flexibility index (Phi) is 12.8. The van der Waals surface area contributed by atoms with Gasteiger partial charge in [0.25, 0.3) is 0 Å². The van der Waals surface area contributed by atoms with E-state index in [0.717, 1.165) is 31.4 Å². The van der Waals surface area contributed by atoms with Crippen LogP contribution in [0.25, 0.3) is 0 Å². The molecule has 160 valence electrons. The highest BCUT2D eigenvalue weighted by Gasteiger charge is 2.21. The number of ether oxygens (including phenoxy) is 1. The van der Waals surface area contributed by atoms with E-state index in [2.05, 4.69) is 6.92 Å². The Morgan fingerprint density at radius 1 is 0.964 bits per heavy atom. The lowest BCUT2D eigenvalue weighted by Crippen LogP contribution is -2.45. The van der Waals surface area contributed by atoms with E-state index in [1.165, 1.54) is 38.5 Å². The van der Waals surface area contributed by atoms with Crippen LogP contribution in [0.4, 0.5) is 0 Å². The maximum atomic E-state index is 12.1. The largest absolute Gasteiger partial charge is 0.462 e. The van der Waals surface area contributed by atoms with E-state index in [-0.39, 0.29) is 5.97 Å². The van der Waals surface area contributed by atoms with Gasteiger partial charge in [0, 0.05) is 0 Å². The number of aliphatic hydroxyl groups is 1. The number of unbranched alkanes of at least 4 members (excludes halogenated alkanes) is 7. The molecule has 0 saturated heterocycles. The average Bonchev–Trinajstić information content (AvgIpc) is 2.66. The van der Waals surface area contributed by atoms with Crippen molar-refractivity contribution in [1.29, 1.82) is 0 Å². The molecular formula is C24H42NO3+. The van der Waals surface area contributed by atoms with Gasteiger partial charge in [-0.25, -0.2) is 4.79 Å². The van der Waals surface area contributed by atoms with Crippen LogP contribution < -0.4 is 0 Å². The van der Waals surface area contributed by atoms with E-state index < -0.39 is 6.10 Å². The number of aliphatic hydroxyl groups excluding tert-OH is 1. The van der Waals surface area contributed by atoms with Crippen molar-refractivity contribution in [2.45, 2.75) is 77.2 Å². The van der Waals surface area contributed by atoms with Crippen molar-refractivity contribution in [3.63, 3.8) is 0 Å². The SMILES string of the molecule is CCCCCCCCCCOC(=O)C[N+](C)(C)CCC[C@H](O)c1ccccc1. The van der Waals surface area contributed by atoms with Crippen LogP contribution in [-0.4, -0.2) is 49.4 Å². The zero-order valence-electron chi connectivity index (χ0n) is 18.4. The Balaban J connectivity index is 2.08. The minimum absolute atomic E-state index is 0.114. The average molecular weight is 393 g/mol. The molecule has 0 fully saturated rings. The number of carbonyl (C=O) groups is 1. The number of rotatable bonds is 16. The summed E-state index contributed by atoms with van der Waals surface area (Å²) < 4.78 is 6.01. The molecule has 1 aromatic rings. The summed E-state index contributed by atoms with van der Waals surface area (Å²) >= 11 is 0. The third-order valence-corrected chi connectivity index (χ3v) is 5.24. The van der Waals surface area contributed by atoms with Crippen LogP contribution >= 0.6 is 0 Å². The van der Waals surface area contributed by atoms with Crippen LogP contribution in [0.15, 0.2) is 30.3 Å². The van der Waals surface area contributed by atoms with Crippen molar-refractivity contribution >= 4 is 5.97 Å². The lowest BCUT2D eigenvalue weighted by molar-refractivity contribution is -0.883. The maximum absolute atomic E-state index is 12.1. The highest BCUT2D eigenvalue weighted by molar-refractivity contribution is 5.70. The molecule has 0 amide bonds. The monoisotopic (exact) mass is 392 g/mol. The molecule has 0 bridgehead atoms. The minimum atomic E-state index is -0.435. The second kappa shape index (κ2) is 14.6. The van der Waals surface area contributed by atoms with Crippen LogP contribution in [0.2, 0.25) is 0 Å². The van der Waals surface area contributed by atoms with E-state index in [1.807, 2.05) is 44.4 Å². The molecule has 0 aliphatic rings. The normalized spacial score (nSPS) is 12.7. The number of quaternary nitrogens is 1. The number of hydrogen-bond donors (Lipinski definition) is 1. The Morgan fingerprint density at radius 3 is 2.21 bits per heavy atom. The van der Waals surface area contributed by atoms with Crippen molar-refractivity contribution in [2.24, 2.45) is 0 Å². The zero-order chi connectivity index (χ0) is 20.7. The molecule has 0 aliphatic heterocycles. The quantitative estimate of drug-likeness (QED) is 0.237. The molecule has 1 rings (SSSR count). The Labute approximate surface area is 172 Å². The molecule has 0 saturated carbocycles. The Hall–Kier alpha value is -1.39. The summed E-state index contributed by atoms with van der Waals surface area (Å²) in [7, 11) is 4.10. The second-order valence-corrected chi connectivity index (χ2v) is 8.58. The van der Waals surface area contributed by atoms with E-state index in [0.29, 0.717) is 24.1 Å². The van der Waals surface area contributed by atoms with Gasteiger partial charge >= 0.3 is 5.97 Å². The lowest BCUT2D eigenvalue weighted by Gasteiger charge is -2.29. The molecule has 0 spiro atoms. The molecule has 4 heteroatoms. The maximum Gasteiger partial charge on any atom is 0.361 e. The molecule has 0 unspecified atom stereocenters. The fourth-order valence-electron chi connectivity index (χ4n) is 3.45. The van der Waals surface area contributed by atoms with E-state index in [4.69, 9.17) is 4.74 Å². The van der Waals surface area contributed by atoms with Gasteiger partial charge in [-0.2, -0.15) is 0 Å². The summed E-state index contributed by atoms with van der Waals surface area (Å²) in [6.07, 6.45) is 11.1. The lowest BCUT2D eigenvalue weighted by atomic mass is 10.0. The molecule has 28 heavy (non-hydrogen) atoms. The van der Waals surface area contributed by atoms with E-state index in [9.17, 15) is 9.90 Å². The Morgan fingerprint density at radius 2 is 1.57 bits per heavy atom.